The summed E-state index contributed by atoms with van der Waals surface area (Å²) in [5, 5.41) is 17.3. The van der Waals surface area contributed by atoms with Crippen molar-refractivity contribution in [1.82, 2.24) is 0 Å². The molecule has 1 aliphatic rings. The van der Waals surface area contributed by atoms with Crippen LogP contribution in [-0.4, -0.2) is 22.3 Å². The molecule has 3 nitrogen and oxygen atoms in total. The standard InChI is InChI=1S/C9H10O3/c10-8-4-1-7(2-5-8)3-6-9(11)12/h1-8,10H,(H,11,12)/b6-3+. The molecule has 2 N–H and O–H groups in total. The van der Waals surface area contributed by atoms with Crippen molar-refractivity contribution in [2.75, 3.05) is 0 Å². The van der Waals surface area contributed by atoms with E-state index >= 15 is 0 Å². The largest absolute Gasteiger partial charge is 0.478 e. The first kappa shape index (κ1) is 8.74. The van der Waals surface area contributed by atoms with Gasteiger partial charge in [0.1, 0.15) is 0 Å². The molecule has 0 amide bonds. The van der Waals surface area contributed by atoms with Crippen molar-refractivity contribution in [3.63, 3.8) is 0 Å². The number of aliphatic hydroxyl groups excluding tert-OH is 1. The molecule has 3 heteroatoms. The molecular weight excluding hydrogens is 156 g/mol. The number of carbonyl (C=O) groups is 1. The summed E-state index contributed by atoms with van der Waals surface area (Å²) in [4.78, 5) is 10.1. The fraction of sp³-hybridized carbons (Fsp3) is 0.222. The van der Waals surface area contributed by atoms with Gasteiger partial charge in [-0.05, 0) is 0 Å². The zero-order valence-corrected chi connectivity index (χ0v) is 6.42. The summed E-state index contributed by atoms with van der Waals surface area (Å²) in [6.07, 6.45) is 8.87. The maximum atomic E-state index is 10.1. The normalized spacial score (nSPS) is 28.1. The van der Waals surface area contributed by atoms with Crippen LogP contribution >= 0.6 is 0 Å². The third kappa shape index (κ3) is 2.72. The van der Waals surface area contributed by atoms with Gasteiger partial charge in [-0.3, -0.25) is 0 Å². The molecule has 0 heterocycles. The molecular formula is C9H10O3. The molecule has 0 saturated carbocycles. The molecule has 0 spiro atoms. The van der Waals surface area contributed by atoms with Crippen molar-refractivity contribution >= 4 is 5.97 Å². The molecule has 0 fully saturated rings. The Hall–Kier alpha value is -1.35. The minimum atomic E-state index is -0.956. The van der Waals surface area contributed by atoms with Crippen molar-refractivity contribution in [3.8, 4) is 0 Å². The summed E-state index contributed by atoms with van der Waals surface area (Å²) < 4.78 is 0. The Morgan fingerprint density at radius 1 is 1.25 bits per heavy atom. The van der Waals surface area contributed by atoms with E-state index in [-0.39, 0.29) is 5.92 Å². The fourth-order valence-corrected chi connectivity index (χ4v) is 0.934. The molecule has 0 aromatic rings. The number of hydrogen-bond acceptors (Lipinski definition) is 2. The number of aliphatic carboxylic acids is 1. The Bertz CT molecular complexity index is 236. The number of allylic oxidation sites excluding steroid dienone is 3. The molecule has 0 atom stereocenters. The number of carboxylic acid groups (broad SMARTS) is 1. The fourth-order valence-electron chi connectivity index (χ4n) is 0.934. The molecule has 1 aliphatic carbocycles. The second kappa shape index (κ2) is 3.88. The summed E-state index contributed by atoms with van der Waals surface area (Å²) in [6.45, 7) is 0. The predicted molar refractivity (Wildman–Crippen MR) is 44.6 cm³/mol. The average molecular weight is 166 g/mol. The van der Waals surface area contributed by atoms with E-state index in [1.54, 1.807) is 30.4 Å². The Balaban J connectivity index is 2.51. The lowest BCUT2D eigenvalue weighted by Crippen LogP contribution is -2.04. The van der Waals surface area contributed by atoms with E-state index in [2.05, 4.69) is 0 Å². The van der Waals surface area contributed by atoms with Gasteiger partial charge in [-0.15, -0.1) is 0 Å². The highest BCUT2D eigenvalue weighted by atomic mass is 16.4. The van der Waals surface area contributed by atoms with E-state index < -0.39 is 12.1 Å². The summed E-state index contributed by atoms with van der Waals surface area (Å²) in [6, 6.07) is 0. The maximum absolute atomic E-state index is 10.1. The first-order valence-corrected chi connectivity index (χ1v) is 3.64. The minimum absolute atomic E-state index is 0.00972. The van der Waals surface area contributed by atoms with Gasteiger partial charge >= 0.3 is 5.97 Å². The van der Waals surface area contributed by atoms with Crippen LogP contribution in [-0.2, 0) is 4.79 Å². The van der Waals surface area contributed by atoms with Crippen molar-refractivity contribution in [2.24, 2.45) is 5.92 Å². The van der Waals surface area contributed by atoms with Gasteiger partial charge in [0.15, 0.2) is 0 Å². The van der Waals surface area contributed by atoms with E-state index in [9.17, 15) is 4.79 Å². The van der Waals surface area contributed by atoms with Gasteiger partial charge in [0.2, 0.25) is 0 Å². The molecule has 64 valence electrons. The number of hydrogen-bond donors (Lipinski definition) is 2. The predicted octanol–water partition coefficient (Wildman–Crippen LogP) is 0.730. The van der Waals surface area contributed by atoms with E-state index in [1.165, 1.54) is 0 Å². The second-order valence-electron chi connectivity index (χ2n) is 2.54. The SMILES string of the molecule is O=C(O)/C=C/C1C=CC(O)C=C1. The summed E-state index contributed by atoms with van der Waals surface area (Å²) in [7, 11) is 0. The van der Waals surface area contributed by atoms with Crippen molar-refractivity contribution in [2.45, 2.75) is 6.10 Å². The molecule has 12 heavy (non-hydrogen) atoms. The topological polar surface area (TPSA) is 57.5 Å². The van der Waals surface area contributed by atoms with Gasteiger partial charge in [-0.25, -0.2) is 4.79 Å². The number of carboxylic acids is 1. The monoisotopic (exact) mass is 166 g/mol. The highest BCUT2D eigenvalue weighted by molar-refractivity contribution is 5.79. The molecule has 0 radical (unpaired) electrons. The highest BCUT2D eigenvalue weighted by Crippen LogP contribution is 2.10. The van der Waals surface area contributed by atoms with Gasteiger partial charge in [0.25, 0.3) is 0 Å². The summed E-state index contributed by atoms with van der Waals surface area (Å²) >= 11 is 0. The van der Waals surface area contributed by atoms with Gasteiger partial charge < -0.3 is 10.2 Å². The zero-order chi connectivity index (χ0) is 8.97. The lowest BCUT2D eigenvalue weighted by atomic mass is 10.0. The number of aliphatic hydroxyl groups is 1. The van der Waals surface area contributed by atoms with Crippen LogP contribution in [0.2, 0.25) is 0 Å². The number of rotatable bonds is 2. The van der Waals surface area contributed by atoms with Gasteiger partial charge in [-0.1, -0.05) is 30.4 Å². The molecule has 0 saturated heterocycles. The lowest BCUT2D eigenvalue weighted by molar-refractivity contribution is -0.131. The Morgan fingerprint density at radius 3 is 2.33 bits per heavy atom. The third-order valence-corrected chi connectivity index (χ3v) is 1.52. The van der Waals surface area contributed by atoms with Crippen LogP contribution in [0.5, 0.6) is 0 Å². The molecule has 0 aromatic heterocycles. The summed E-state index contributed by atoms with van der Waals surface area (Å²) in [5.41, 5.74) is 0. The molecule has 1 rings (SSSR count). The van der Waals surface area contributed by atoms with E-state index in [4.69, 9.17) is 10.2 Å². The van der Waals surface area contributed by atoms with E-state index in [0.717, 1.165) is 6.08 Å². The third-order valence-electron chi connectivity index (χ3n) is 1.52. The Morgan fingerprint density at radius 2 is 1.83 bits per heavy atom. The van der Waals surface area contributed by atoms with Crippen LogP contribution < -0.4 is 0 Å². The molecule has 0 aromatic carbocycles. The van der Waals surface area contributed by atoms with Crippen LogP contribution in [0.4, 0.5) is 0 Å². The van der Waals surface area contributed by atoms with Crippen LogP contribution in [0.25, 0.3) is 0 Å². The Labute approximate surface area is 70.3 Å². The van der Waals surface area contributed by atoms with Gasteiger partial charge in [-0.2, -0.15) is 0 Å². The van der Waals surface area contributed by atoms with Crippen molar-refractivity contribution in [3.05, 3.63) is 36.5 Å². The van der Waals surface area contributed by atoms with Crippen molar-refractivity contribution in [1.29, 1.82) is 0 Å². The zero-order valence-electron chi connectivity index (χ0n) is 6.42. The molecule has 0 aliphatic heterocycles. The average Bonchev–Trinajstić information content (AvgIpc) is 2.03. The lowest BCUT2D eigenvalue weighted by Gasteiger charge is -2.08. The summed E-state index contributed by atoms with van der Waals surface area (Å²) in [5.74, 6) is -0.965. The first-order valence-electron chi connectivity index (χ1n) is 3.64. The maximum Gasteiger partial charge on any atom is 0.328 e. The highest BCUT2D eigenvalue weighted by Gasteiger charge is 2.03. The molecule has 0 unspecified atom stereocenters. The quantitative estimate of drug-likeness (QED) is 0.469. The minimum Gasteiger partial charge on any atom is -0.478 e. The Kier molecular flexibility index (Phi) is 2.82. The van der Waals surface area contributed by atoms with Crippen LogP contribution in [0.15, 0.2) is 36.5 Å². The van der Waals surface area contributed by atoms with E-state index in [0.29, 0.717) is 0 Å². The van der Waals surface area contributed by atoms with Crippen LogP contribution in [0.3, 0.4) is 0 Å². The van der Waals surface area contributed by atoms with E-state index in [1.807, 2.05) is 0 Å². The van der Waals surface area contributed by atoms with Crippen LogP contribution in [0, 0.1) is 5.92 Å². The van der Waals surface area contributed by atoms with Crippen molar-refractivity contribution < 1.29 is 15.0 Å². The van der Waals surface area contributed by atoms with Gasteiger partial charge in [0.05, 0.1) is 6.10 Å². The molecule has 0 bridgehead atoms. The second-order valence-corrected chi connectivity index (χ2v) is 2.54. The smallest absolute Gasteiger partial charge is 0.328 e. The first-order chi connectivity index (χ1) is 5.68. The van der Waals surface area contributed by atoms with Gasteiger partial charge in [0, 0.05) is 12.0 Å². The van der Waals surface area contributed by atoms with Crippen LogP contribution in [0.1, 0.15) is 0 Å².